The molecule has 6 nitrogen and oxygen atoms in total. The summed E-state index contributed by atoms with van der Waals surface area (Å²) < 4.78 is 67.7. The highest BCUT2D eigenvalue weighted by Crippen LogP contribution is 2.33. The van der Waals surface area contributed by atoms with Gasteiger partial charge in [-0.2, -0.15) is 0 Å². The van der Waals surface area contributed by atoms with E-state index in [1.807, 2.05) is 0 Å². The van der Waals surface area contributed by atoms with Crippen LogP contribution in [0.5, 0.6) is 0 Å². The first-order valence-electron chi connectivity index (χ1n) is 9.15. The van der Waals surface area contributed by atoms with Gasteiger partial charge in [0.15, 0.2) is 0 Å². The summed E-state index contributed by atoms with van der Waals surface area (Å²) in [6.07, 6.45) is 1.54. The monoisotopic (exact) mass is 446 g/mol. The van der Waals surface area contributed by atoms with Gasteiger partial charge in [0.1, 0.15) is 28.8 Å². The topological polar surface area (TPSA) is 90.9 Å². The molecule has 160 valence electrons. The minimum Gasteiger partial charge on any atom is -0.323 e. The summed E-state index contributed by atoms with van der Waals surface area (Å²) in [5.74, 6) is -2.09. The van der Waals surface area contributed by atoms with Crippen LogP contribution in [0.25, 0.3) is 22.2 Å². The van der Waals surface area contributed by atoms with E-state index in [9.17, 15) is 21.6 Å². The number of aryl methyl sites for hydroxylation is 2. The maximum atomic E-state index is 14.7. The fraction of sp³-hybridized carbons (Fsp3) is 0.143. The summed E-state index contributed by atoms with van der Waals surface area (Å²) in [6.45, 7) is 3.14. The third-order valence-electron chi connectivity index (χ3n) is 5.04. The van der Waals surface area contributed by atoms with Gasteiger partial charge in [-0.15, -0.1) is 0 Å². The van der Waals surface area contributed by atoms with Crippen molar-refractivity contribution in [2.75, 3.05) is 0 Å². The molecule has 4 aromatic rings. The third kappa shape index (κ3) is 3.79. The Balaban J connectivity index is 1.94. The number of aromatic nitrogens is 3. The Bertz CT molecular complexity index is 1430. The van der Waals surface area contributed by atoms with E-state index in [4.69, 9.17) is 5.14 Å². The molecule has 2 heterocycles. The molecule has 2 aromatic heterocycles. The van der Waals surface area contributed by atoms with Gasteiger partial charge in [0.2, 0.25) is 10.0 Å². The summed E-state index contributed by atoms with van der Waals surface area (Å²) >= 11 is 0. The number of rotatable bonds is 4. The largest absolute Gasteiger partial charge is 0.323 e. The van der Waals surface area contributed by atoms with E-state index in [2.05, 4.69) is 9.97 Å². The fourth-order valence-corrected chi connectivity index (χ4v) is 4.11. The predicted octanol–water partition coefficient (Wildman–Crippen LogP) is 3.83. The maximum absolute atomic E-state index is 14.7. The molecule has 10 heteroatoms. The summed E-state index contributed by atoms with van der Waals surface area (Å²) in [6, 6.07) is 7.29. The van der Waals surface area contributed by atoms with Crippen molar-refractivity contribution < 1.29 is 21.6 Å². The van der Waals surface area contributed by atoms with Crippen LogP contribution < -0.4 is 5.14 Å². The Kier molecular flexibility index (Phi) is 5.06. The number of pyridine rings is 1. The molecule has 0 spiro atoms. The van der Waals surface area contributed by atoms with Gasteiger partial charge in [-0.25, -0.2) is 31.7 Å². The van der Waals surface area contributed by atoms with Crippen molar-refractivity contribution in [3.63, 3.8) is 0 Å². The van der Waals surface area contributed by atoms with Gasteiger partial charge in [0, 0.05) is 16.8 Å². The molecule has 0 aliphatic carbocycles. The minimum atomic E-state index is -4.26. The smallest absolute Gasteiger partial charge is 0.238 e. The third-order valence-corrected chi connectivity index (χ3v) is 5.93. The number of nitrogens with zero attached hydrogens (tertiary/aromatic N) is 3. The molecule has 0 radical (unpaired) electrons. The molecule has 2 aromatic carbocycles. The normalized spacial score (nSPS) is 11.9. The number of primary sulfonamides is 1. The van der Waals surface area contributed by atoms with E-state index in [1.54, 1.807) is 30.5 Å². The Hall–Kier alpha value is -3.24. The van der Waals surface area contributed by atoms with Crippen molar-refractivity contribution in [2.45, 2.75) is 25.3 Å². The highest BCUT2D eigenvalue weighted by molar-refractivity contribution is 7.89. The Morgan fingerprint density at radius 3 is 2.35 bits per heavy atom. The molecule has 0 atom stereocenters. The fourth-order valence-electron chi connectivity index (χ4n) is 3.57. The second kappa shape index (κ2) is 7.47. The number of hydrogen-bond donors (Lipinski definition) is 1. The van der Waals surface area contributed by atoms with Crippen LogP contribution in [-0.2, 0) is 16.6 Å². The first-order valence-corrected chi connectivity index (χ1v) is 10.7. The lowest BCUT2D eigenvalue weighted by Gasteiger charge is -2.14. The van der Waals surface area contributed by atoms with Crippen molar-refractivity contribution >= 4 is 21.1 Å². The maximum Gasteiger partial charge on any atom is 0.238 e. The minimum absolute atomic E-state index is 0.267. The van der Waals surface area contributed by atoms with E-state index in [0.29, 0.717) is 45.8 Å². The van der Waals surface area contributed by atoms with Crippen LogP contribution in [0.4, 0.5) is 13.2 Å². The van der Waals surface area contributed by atoms with Gasteiger partial charge in [-0.3, -0.25) is 4.98 Å². The molecular formula is C21H17F3N4O2S. The standard InChI is InChI=1S/C21H17F3N4O2S/c1-11-20(13-4-3-5-14(22)6-13)21-19(9-26-11)27-12(2)28(21)10-16-17(23)7-15(8-18(16)24)31(25,29)30/h3-9H,10H2,1-2H3,(H2,25,29,30). The number of nitrogens with two attached hydrogens (primary N) is 1. The van der Waals surface area contributed by atoms with Crippen molar-refractivity contribution in [1.82, 2.24) is 14.5 Å². The van der Waals surface area contributed by atoms with Gasteiger partial charge in [-0.05, 0) is 43.7 Å². The number of fused-ring (bicyclic) bond motifs is 1. The lowest BCUT2D eigenvalue weighted by molar-refractivity contribution is 0.535. The number of halogens is 3. The van der Waals surface area contributed by atoms with Crippen LogP contribution in [0.1, 0.15) is 17.1 Å². The quantitative estimate of drug-likeness (QED) is 0.516. The van der Waals surface area contributed by atoms with Gasteiger partial charge >= 0.3 is 0 Å². The van der Waals surface area contributed by atoms with Gasteiger partial charge in [-0.1, -0.05) is 12.1 Å². The molecule has 4 rings (SSSR count). The molecule has 0 bridgehead atoms. The summed E-state index contributed by atoms with van der Waals surface area (Å²) in [5, 5.41) is 4.98. The predicted molar refractivity (Wildman–Crippen MR) is 109 cm³/mol. The Morgan fingerprint density at radius 1 is 1.06 bits per heavy atom. The average molecular weight is 446 g/mol. The summed E-state index contributed by atoms with van der Waals surface area (Å²) in [4.78, 5) is 8.09. The van der Waals surface area contributed by atoms with Crippen LogP contribution in [0, 0.1) is 31.3 Å². The average Bonchev–Trinajstić information content (AvgIpc) is 2.99. The zero-order chi connectivity index (χ0) is 22.5. The van der Waals surface area contributed by atoms with Crippen molar-refractivity contribution in [1.29, 1.82) is 0 Å². The second-order valence-corrected chi connectivity index (χ2v) is 8.68. The van der Waals surface area contributed by atoms with E-state index < -0.39 is 32.4 Å². The van der Waals surface area contributed by atoms with Crippen LogP contribution >= 0.6 is 0 Å². The van der Waals surface area contributed by atoms with Crippen LogP contribution in [0.2, 0.25) is 0 Å². The molecule has 0 saturated heterocycles. The Morgan fingerprint density at radius 2 is 1.74 bits per heavy atom. The van der Waals surface area contributed by atoms with Crippen molar-refractivity contribution in [3.05, 3.63) is 77.1 Å². The molecule has 0 aliphatic rings. The molecule has 0 unspecified atom stereocenters. The van der Waals surface area contributed by atoms with Crippen LogP contribution in [0.15, 0.2) is 47.5 Å². The van der Waals surface area contributed by atoms with Crippen LogP contribution in [-0.4, -0.2) is 23.0 Å². The van der Waals surface area contributed by atoms with Crippen LogP contribution in [0.3, 0.4) is 0 Å². The van der Waals surface area contributed by atoms with E-state index in [0.717, 1.165) is 0 Å². The van der Waals surface area contributed by atoms with Crippen molar-refractivity contribution in [3.8, 4) is 11.1 Å². The summed E-state index contributed by atoms with van der Waals surface area (Å²) in [7, 11) is -4.26. The Labute approximate surface area is 176 Å². The molecular weight excluding hydrogens is 429 g/mol. The van der Waals surface area contributed by atoms with E-state index >= 15 is 0 Å². The zero-order valence-corrected chi connectivity index (χ0v) is 17.3. The second-order valence-electron chi connectivity index (χ2n) is 7.12. The molecule has 0 fully saturated rings. The van der Waals surface area contributed by atoms with Gasteiger partial charge in [0.05, 0.1) is 23.2 Å². The molecule has 0 saturated carbocycles. The number of imidazole rings is 1. The highest BCUT2D eigenvalue weighted by Gasteiger charge is 2.21. The van der Waals surface area contributed by atoms with E-state index in [1.165, 1.54) is 18.3 Å². The number of benzene rings is 2. The summed E-state index contributed by atoms with van der Waals surface area (Å²) in [5.41, 5.74) is 2.37. The van der Waals surface area contributed by atoms with E-state index in [-0.39, 0.29) is 12.1 Å². The molecule has 2 N–H and O–H groups in total. The SMILES string of the molecule is Cc1ncc2nc(C)n(Cc3c(F)cc(S(N)(=O)=O)cc3F)c2c1-c1cccc(F)c1. The lowest BCUT2D eigenvalue weighted by Crippen LogP contribution is -2.14. The first-order chi connectivity index (χ1) is 14.6. The molecule has 0 aliphatic heterocycles. The van der Waals surface area contributed by atoms with Crippen molar-refractivity contribution in [2.24, 2.45) is 5.14 Å². The van der Waals surface area contributed by atoms with Gasteiger partial charge in [0.25, 0.3) is 0 Å². The molecule has 0 amide bonds. The van der Waals surface area contributed by atoms with Gasteiger partial charge < -0.3 is 4.57 Å². The molecule has 31 heavy (non-hydrogen) atoms. The lowest BCUT2D eigenvalue weighted by atomic mass is 10.0. The number of sulfonamides is 1. The highest BCUT2D eigenvalue weighted by atomic mass is 32.2. The zero-order valence-electron chi connectivity index (χ0n) is 16.5. The first kappa shape index (κ1) is 21.0. The number of hydrogen-bond acceptors (Lipinski definition) is 4.